The Bertz CT molecular complexity index is 545. The summed E-state index contributed by atoms with van der Waals surface area (Å²) in [5.41, 5.74) is 5.93. The van der Waals surface area contributed by atoms with E-state index in [9.17, 15) is 8.42 Å². The Morgan fingerprint density at radius 1 is 1.35 bits per heavy atom. The maximum absolute atomic E-state index is 12.3. The van der Waals surface area contributed by atoms with Gasteiger partial charge >= 0.3 is 0 Å². The maximum Gasteiger partial charge on any atom is 0.179 e. The predicted molar refractivity (Wildman–Crippen MR) is 84.4 cm³/mol. The molecule has 20 heavy (non-hydrogen) atoms. The molecule has 0 aliphatic carbocycles. The van der Waals surface area contributed by atoms with Crippen molar-refractivity contribution in [2.45, 2.75) is 36.7 Å². The molecule has 1 heterocycles. The number of likely N-dealkylation sites (tertiary alicyclic amines) is 1. The van der Waals surface area contributed by atoms with Crippen LogP contribution in [0, 0.1) is 0 Å². The Balaban J connectivity index is 1.97. The van der Waals surface area contributed by atoms with Crippen LogP contribution in [-0.2, 0) is 9.84 Å². The van der Waals surface area contributed by atoms with Crippen molar-refractivity contribution < 1.29 is 8.42 Å². The van der Waals surface area contributed by atoms with E-state index in [1.165, 1.54) is 0 Å². The van der Waals surface area contributed by atoms with E-state index in [-0.39, 0.29) is 11.8 Å². The Kier molecular flexibility index (Phi) is 5.23. The third-order valence-corrected chi connectivity index (χ3v) is 6.11. The summed E-state index contributed by atoms with van der Waals surface area (Å²) in [5.74, 6) is 0.161. The molecule has 1 aromatic carbocycles. The molecular weight excluding hydrogens is 340 g/mol. The van der Waals surface area contributed by atoms with E-state index in [2.05, 4.69) is 27.8 Å². The van der Waals surface area contributed by atoms with Crippen molar-refractivity contribution in [1.82, 2.24) is 4.90 Å². The molecule has 1 aromatic rings. The van der Waals surface area contributed by atoms with Crippen molar-refractivity contribution in [3.63, 3.8) is 0 Å². The second kappa shape index (κ2) is 6.56. The van der Waals surface area contributed by atoms with Crippen LogP contribution < -0.4 is 5.73 Å². The first-order valence-corrected chi connectivity index (χ1v) is 9.31. The number of nitrogens with zero attached hydrogens (tertiary/aromatic N) is 1. The fourth-order valence-corrected chi connectivity index (χ4v) is 4.11. The van der Waals surface area contributed by atoms with E-state index in [1.807, 2.05) is 0 Å². The second-order valence-electron chi connectivity index (χ2n) is 5.44. The number of benzene rings is 1. The lowest BCUT2D eigenvalue weighted by Gasteiger charge is -2.36. The molecule has 1 aliphatic rings. The molecule has 6 heteroatoms. The van der Waals surface area contributed by atoms with Gasteiger partial charge in [-0.3, -0.25) is 4.90 Å². The molecule has 1 saturated heterocycles. The normalized spacial score (nSPS) is 24.8. The highest BCUT2D eigenvalue weighted by atomic mass is 79.9. The van der Waals surface area contributed by atoms with Crippen LogP contribution in [0.4, 0.5) is 0 Å². The van der Waals surface area contributed by atoms with Crippen molar-refractivity contribution in [2.24, 2.45) is 5.73 Å². The quantitative estimate of drug-likeness (QED) is 0.892. The number of nitrogens with two attached hydrogens (primary N) is 1. The van der Waals surface area contributed by atoms with Gasteiger partial charge in [0.1, 0.15) is 0 Å². The Hall–Kier alpha value is -0.430. The van der Waals surface area contributed by atoms with Gasteiger partial charge < -0.3 is 5.73 Å². The van der Waals surface area contributed by atoms with Gasteiger partial charge in [-0.1, -0.05) is 15.9 Å². The zero-order chi connectivity index (χ0) is 14.8. The zero-order valence-corrected chi connectivity index (χ0v) is 14.0. The van der Waals surface area contributed by atoms with E-state index < -0.39 is 9.84 Å². The molecule has 0 amide bonds. The van der Waals surface area contributed by atoms with E-state index >= 15 is 0 Å². The Labute approximate surface area is 129 Å². The maximum atomic E-state index is 12.3. The third kappa shape index (κ3) is 4.04. The number of sulfone groups is 1. The molecule has 112 valence electrons. The first kappa shape index (κ1) is 15.9. The van der Waals surface area contributed by atoms with Gasteiger partial charge in [0, 0.05) is 23.1 Å². The molecule has 0 bridgehead atoms. The molecule has 0 saturated carbocycles. The topological polar surface area (TPSA) is 63.4 Å². The largest absolute Gasteiger partial charge is 0.328 e. The summed E-state index contributed by atoms with van der Waals surface area (Å²) < 4.78 is 25.5. The van der Waals surface area contributed by atoms with Gasteiger partial charge in [0.25, 0.3) is 0 Å². The van der Waals surface area contributed by atoms with Gasteiger partial charge in [0.2, 0.25) is 0 Å². The van der Waals surface area contributed by atoms with Gasteiger partial charge in [-0.2, -0.15) is 0 Å². The molecule has 0 radical (unpaired) electrons. The van der Waals surface area contributed by atoms with Gasteiger partial charge in [-0.25, -0.2) is 8.42 Å². The van der Waals surface area contributed by atoms with E-state index in [4.69, 9.17) is 5.73 Å². The van der Waals surface area contributed by atoms with Crippen LogP contribution in [0.25, 0.3) is 0 Å². The minimum Gasteiger partial charge on any atom is -0.328 e. The molecule has 1 fully saturated rings. The second-order valence-corrected chi connectivity index (χ2v) is 8.47. The molecule has 2 unspecified atom stereocenters. The lowest BCUT2D eigenvalue weighted by molar-refractivity contribution is 0.156. The SMILES string of the molecule is CC1CC(N)CCN1CCS(=O)(=O)c1ccc(Br)cc1. The molecule has 2 N–H and O–H groups in total. The van der Waals surface area contributed by atoms with Crippen molar-refractivity contribution in [3.05, 3.63) is 28.7 Å². The minimum absolute atomic E-state index is 0.161. The lowest BCUT2D eigenvalue weighted by atomic mass is 9.99. The standard InChI is InChI=1S/C14H21BrN2O2S/c1-11-10-13(16)6-7-17(11)8-9-20(18,19)14-4-2-12(15)3-5-14/h2-5,11,13H,6-10,16H2,1H3. The van der Waals surface area contributed by atoms with Crippen LogP contribution in [0.5, 0.6) is 0 Å². The Morgan fingerprint density at radius 3 is 2.60 bits per heavy atom. The van der Waals surface area contributed by atoms with Crippen LogP contribution in [0.1, 0.15) is 19.8 Å². The van der Waals surface area contributed by atoms with E-state index in [1.54, 1.807) is 24.3 Å². The molecule has 0 spiro atoms. The van der Waals surface area contributed by atoms with Gasteiger partial charge in [-0.15, -0.1) is 0 Å². The van der Waals surface area contributed by atoms with Crippen LogP contribution in [0.2, 0.25) is 0 Å². The summed E-state index contributed by atoms with van der Waals surface area (Å²) in [6.45, 7) is 3.58. The van der Waals surface area contributed by atoms with E-state index in [0.717, 1.165) is 23.9 Å². The highest BCUT2D eigenvalue weighted by Gasteiger charge is 2.24. The highest BCUT2D eigenvalue weighted by molar-refractivity contribution is 9.10. The number of hydrogen-bond acceptors (Lipinski definition) is 4. The van der Waals surface area contributed by atoms with Crippen molar-refractivity contribution >= 4 is 25.8 Å². The van der Waals surface area contributed by atoms with Gasteiger partial charge in [0.15, 0.2) is 9.84 Å². The zero-order valence-electron chi connectivity index (χ0n) is 11.6. The van der Waals surface area contributed by atoms with Crippen molar-refractivity contribution in [1.29, 1.82) is 0 Å². The van der Waals surface area contributed by atoms with Gasteiger partial charge in [0.05, 0.1) is 10.6 Å². The monoisotopic (exact) mass is 360 g/mol. The highest BCUT2D eigenvalue weighted by Crippen LogP contribution is 2.19. The minimum atomic E-state index is -3.21. The first-order valence-electron chi connectivity index (χ1n) is 6.86. The molecule has 0 aromatic heterocycles. The predicted octanol–water partition coefficient (Wildman–Crippen LogP) is 2.03. The fraction of sp³-hybridized carbons (Fsp3) is 0.571. The molecule has 2 rings (SSSR count). The van der Waals surface area contributed by atoms with Gasteiger partial charge in [-0.05, 0) is 50.6 Å². The third-order valence-electron chi connectivity index (χ3n) is 3.87. The fourth-order valence-electron chi connectivity index (χ4n) is 2.59. The summed E-state index contributed by atoms with van der Waals surface area (Å²) in [4.78, 5) is 2.61. The molecular formula is C14H21BrN2O2S. The molecule has 4 nitrogen and oxygen atoms in total. The van der Waals surface area contributed by atoms with Crippen molar-refractivity contribution in [2.75, 3.05) is 18.8 Å². The van der Waals surface area contributed by atoms with E-state index in [0.29, 0.717) is 17.5 Å². The summed E-state index contributed by atoms with van der Waals surface area (Å²) in [5, 5.41) is 0. The molecule has 2 atom stereocenters. The molecule has 1 aliphatic heterocycles. The smallest absolute Gasteiger partial charge is 0.179 e. The number of piperidine rings is 1. The lowest BCUT2D eigenvalue weighted by Crippen LogP contribution is -2.47. The average molecular weight is 361 g/mol. The van der Waals surface area contributed by atoms with Crippen LogP contribution >= 0.6 is 15.9 Å². The summed E-state index contributed by atoms with van der Waals surface area (Å²) in [6.07, 6.45) is 1.89. The van der Waals surface area contributed by atoms with Crippen LogP contribution in [0.3, 0.4) is 0 Å². The Morgan fingerprint density at radius 2 is 2.00 bits per heavy atom. The number of hydrogen-bond donors (Lipinski definition) is 1. The first-order chi connectivity index (χ1) is 9.38. The summed E-state index contributed by atoms with van der Waals surface area (Å²) in [7, 11) is -3.21. The number of rotatable bonds is 4. The average Bonchev–Trinajstić information content (AvgIpc) is 2.38. The van der Waals surface area contributed by atoms with Crippen LogP contribution in [-0.4, -0.2) is 44.2 Å². The number of halogens is 1. The van der Waals surface area contributed by atoms with Crippen LogP contribution in [0.15, 0.2) is 33.6 Å². The summed E-state index contributed by atoms with van der Waals surface area (Å²) >= 11 is 3.31. The summed E-state index contributed by atoms with van der Waals surface area (Å²) in [6, 6.07) is 7.43. The van der Waals surface area contributed by atoms with Crippen molar-refractivity contribution in [3.8, 4) is 0 Å².